The van der Waals surface area contributed by atoms with Crippen LogP contribution in [0.15, 0.2) is 60.7 Å². The number of hydrogen-bond acceptors (Lipinski definition) is 6. The molecule has 0 atom stereocenters. The number of aromatic nitrogens is 2. The molecule has 0 N–H and O–H groups in total. The van der Waals surface area contributed by atoms with Crippen molar-refractivity contribution >= 4 is 11.7 Å². The Labute approximate surface area is 188 Å². The Morgan fingerprint density at radius 3 is 2.38 bits per heavy atom. The van der Waals surface area contributed by atoms with E-state index >= 15 is 0 Å². The van der Waals surface area contributed by atoms with Crippen LogP contribution in [0.2, 0.25) is 0 Å². The quantitative estimate of drug-likeness (QED) is 0.570. The number of rotatable bonds is 7. The third-order valence-electron chi connectivity index (χ3n) is 5.67. The predicted octanol–water partition coefficient (Wildman–Crippen LogP) is 3.44. The molecule has 1 aliphatic heterocycles. The third-order valence-corrected chi connectivity index (χ3v) is 5.67. The summed E-state index contributed by atoms with van der Waals surface area (Å²) in [5.41, 5.74) is 3.01. The molecule has 0 unspecified atom stereocenters. The molecule has 166 valence electrons. The third kappa shape index (κ3) is 5.17. The summed E-state index contributed by atoms with van der Waals surface area (Å²) in [6, 6.07) is 19.6. The monoisotopic (exact) mass is 432 g/mol. The van der Waals surface area contributed by atoms with E-state index < -0.39 is 0 Å². The van der Waals surface area contributed by atoms with Crippen LogP contribution in [0, 0.1) is 0 Å². The van der Waals surface area contributed by atoms with Crippen LogP contribution in [-0.2, 0) is 11.2 Å². The van der Waals surface area contributed by atoms with Crippen molar-refractivity contribution in [1.82, 2.24) is 15.1 Å². The van der Waals surface area contributed by atoms with E-state index in [1.54, 1.807) is 7.11 Å². The van der Waals surface area contributed by atoms with E-state index in [9.17, 15) is 4.79 Å². The molecule has 1 aromatic heterocycles. The summed E-state index contributed by atoms with van der Waals surface area (Å²) in [6.07, 6.45) is 0.984. The van der Waals surface area contributed by atoms with E-state index in [0.29, 0.717) is 26.2 Å². The smallest absolute Gasteiger partial charge is 0.260 e. The fraction of sp³-hybridized carbons (Fsp3) is 0.320. The lowest BCUT2D eigenvalue weighted by Crippen LogP contribution is -2.50. The van der Waals surface area contributed by atoms with Crippen LogP contribution >= 0.6 is 0 Å². The predicted molar refractivity (Wildman–Crippen MR) is 124 cm³/mol. The maximum absolute atomic E-state index is 12.5. The number of anilines is 1. The van der Waals surface area contributed by atoms with E-state index in [-0.39, 0.29) is 12.5 Å². The minimum absolute atomic E-state index is 0.00340. The van der Waals surface area contributed by atoms with Gasteiger partial charge in [-0.1, -0.05) is 31.2 Å². The number of nitrogens with zero attached hydrogens (tertiary/aromatic N) is 4. The van der Waals surface area contributed by atoms with Gasteiger partial charge in [0, 0.05) is 31.7 Å². The van der Waals surface area contributed by atoms with Gasteiger partial charge in [0.15, 0.2) is 12.4 Å². The Balaban J connectivity index is 1.28. The van der Waals surface area contributed by atoms with Crippen molar-refractivity contribution in [2.75, 3.05) is 44.8 Å². The Hall–Kier alpha value is -3.61. The average molecular weight is 433 g/mol. The fourth-order valence-corrected chi connectivity index (χ4v) is 3.67. The largest absolute Gasteiger partial charge is 0.497 e. The number of ether oxygens (including phenoxy) is 2. The first kappa shape index (κ1) is 21.6. The number of benzene rings is 2. The first-order valence-corrected chi connectivity index (χ1v) is 10.9. The van der Waals surface area contributed by atoms with Gasteiger partial charge in [-0.2, -0.15) is 0 Å². The zero-order chi connectivity index (χ0) is 22.3. The van der Waals surface area contributed by atoms with E-state index in [2.05, 4.69) is 22.0 Å². The van der Waals surface area contributed by atoms with Crippen LogP contribution in [-0.4, -0.2) is 60.9 Å². The van der Waals surface area contributed by atoms with Crippen molar-refractivity contribution in [2.45, 2.75) is 13.3 Å². The lowest BCUT2D eigenvalue weighted by Gasteiger charge is -2.35. The van der Waals surface area contributed by atoms with E-state index in [1.807, 2.05) is 65.6 Å². The van der Waals surface area contributed by atoms with Gasteiger partial charge in [-0.3, -0.25) is 4.79 Å². The molecule has 7 heteroatoms. The number of carbonyl (C=O) groups excluding carboxylic acids is 1. The first-order valence-electron chi connectivity index (χ1n) is 10.9. The van der Waals surface area contributed by atoms with E-state index in [1.165, 1.54) is 5.56 Å². The number of amides is 1. The van der Waals surface area contributed by atoms with Crippen LogP contribution in [0.1, 0.15) is 12.5 Å². The molecule has 1 amide bonds. The van der Waals surface area contributed by atoms with Gasteiger partial charge in [0.05, 0.1) is 12.8 Å². The van der Waals surface area contributed by atoms with Crippen molar-refractivity contribution in [1.29, 1.82) is 0 Å². The minimum atomic E-state index is 0.00340. The SMILES string of the molecule is CCc1ccc(OCC(=O)N2CCN(c3ccc(-c4cccc(OC)c4)nn3)CC2)cc1. The molecule has 0 radical (unpaired) electrons. The maximum atomic E-state index is 12.5. The summed E-state index contributed by atoms with van der Waals surface area (Å²) in [5, 5.41) is 8.78. The number of methoxy groups -OCH3 is 1. The molecule has 2 aromatic carbocycles. The molecule has 1 aliphatic rings. The van der Waals surface area contributed by atoms with Crippen molar-refractivity contribution in [3.8, 4) is 22.8 Å². The molecule has 3 aromatic rings. The molecule has 0 bridgehead atoms. The van der Waals surface area contributed by atoms with Crippen molar-refractivity contribution < 1.29 is 14.3 Å². The van der Waals surface area contributed by atoms with Gasteiger partial charge in [0.1, 0.15) is 11.5 Å². The van der Waals surface area contributed by atoms with E-state index in [4.69, 9.17) is 9.47 Å². The molecule has 4 rings (SSSR count). The fourth-order valence-electron chi connectivity index (χ4n) is 3.67. The summed E-state index contributed by atoms with van der Waals surface area (Å²) >= 11 is 0. The number of hydrogen-bond donors (Lipinski definition) is 0. The van der Waals surface area contributed by atoms with Crippen LogP contribution in [0.4, 0.5) is 5.82 Å². The van der Waals surface area contributed by atoms with Gasteiger partial charge in [-0.05, 0) is 48.4 Å². The van der Waals surface area contributed by atoms with Crippen LogP contribution in [0.25, 0.3) is 11.3 Å². The molecule has 0 aliphatic carbocycles. The molecule has 1 saturated heterocycles. The molecule has 32 heavy (non-hydrogen) atoms. The normalized spacial score (nSPS) is 13.7. The highest BCUT2D eigenvalue weighted by Gasteiger charge is 2.22. The summed E-state index contributed by atoms with van der Waals surface area (Å²) in [6.45, 7) is 4.86. The topological polar surface area (TPSA) is 67.8 Å². The first-order chi connectivity index (χ1) is 15.7. The standard InChI is InChI=1S/C25H28N4O3/c1-3-19-7-9-21(10-8-19)32-18-25(30)29-15-13-28(14-16-29)24-12-11-23(26-27-24)20-5-4-6-22(17-20)31-2/h4-12,17H,3,13-16,18H2,1-2H3. The van der Waals surface area contributed by atoms with Gasteiger partial charge in [0.2, 0.25) is 0 Å². The van der Waals surface area contributed by atoms with Crippen molar-refractivity contribution in [3.05, 3.63) is 66.2 Å². The highest BCUT2D eigenvalue weighted by Crippen LogP contribution is 2.23. The summed E-state index contributed by atoms with van der Waals surface area (Å²) in [7, 11) is 1.65. The maximum Gasteiger partial charge on any atom is 0.260 e. The highest BCUT2D eigenvalue weighted by atomic mass is 16.5. The molecule has 0 saturated carbocycles. The second-order valence-electron chi connectivity index (χ2n) is 7.66. The second kappa shape index (κ2) is 10.1. The number of carbonyl (C=O) groups is 1. The molecule has 2 heterocycles. The van der Waals surface area contributed by atoms with Gasteiger partial charge in [0.25, 0.3) is 5.91 Å². The van der Waals surface area contributed by atoms with Crippen molar-refractivity contribution in [2.24, 2.45) is 0 Å². The van der Waals surface area contributed by atoms with Crippen LogP contribution in [0.3, 0.4) is 0 Å². The average Bonchev–Trinajstić information content (AvgIpc) is 2.88. The second-order valence-corrected chi connectivity index (χ2v) is 7.66. The van der Waals surface area contributed by atoms with Gasteiger partial charge in [-0.15, -0.1) is 10.2 Å². The van der Waals surface area contributed by atoms with Crippen molar-refractivity contribution in [3.63, 3.8) is 0 Å². The summed E-state index contributed by atoms with van der Waals surface area (Å²) in [5.74, 6) is 2.33. The lowest BCUT2D eigenvalue weighted by molar-refractivity contribution is -0.133. The highest BCUT2D eigenvalue weighted by molar-refractivity contribution is 5.78. The van der Waals surface area contributed by atoms with Gasteiger partial charge < -0.3 is 19.3 Å². The minimum Gasteiger partial charge on any atom is -0.497 e. The Morgan fingerprint density at radius 1 is 0.938 bits per heavy atom. The summed E-state index contributed by atoms with van der Waals surface area (Å²) in [4.78, 5) is 16.5. The molecule has 0 spiro atoms. The summed E-state index contributed by atoms with van der Waals surface area (Å²) < 4.78 is 10.9. The van der Waals surface area contributed by atoms with Gasteiger partial charge >= 0.3 is 0 Å². The number of piperazine rings is 1. The van der Waals surface area contributed by atoms with Gasteiger partial charge in [-0.25, -0.2) is 0 Å². The zero-order valence-electron chi connectivity index (χ0n) is 18.5. The molecular weight excluding hydrogens is 404 g/mol. The molecular formula is C25H28N4O3. The Kier molecular flexibility index (Phi) is 6.84. The van der Waals surface area contributed by atoms with Crippen LogP contribution in [0.5, 0.6) is 11.5 Å². The molecule has 7 nitrogen and oxygen atoms in total. The number of aryl methyl sites for hydroxylation is 1. The molecule has 1 fully saturated rings. The Bertz CT molecular complexity index is 1030. The Morgan fingerprint density at radius 2 is 1.72 bits per heavy atom. The zero-order valence-corrected chi connectivity index (χ0v) is 18.5. The van der Waals surface area contributed by atoms with Crippen LogP contribution < -0.4 is 14.4 Å². The lowest BCUT2D eigenvalue weighted by atomic mass is 10.1. The van der Waals surface area contributed by atoms with E-state index in [0.717, 1.165) is 35.0 Å².